The molecule has 0 aliphatic carbocycles. The highest BCUT2D eigenvalue weighted by atomic mass is 35.5. The maximum absolute atomic E-state index is 12.0. The fraction of sp³-hybridized carbons (Fsp3) is 0.100. The number of hydrogen-bond acceptors (Lipinski definition) is 6. The van der Waals surface area contributed by atoms with Crippen LogP contribution in [0.4, 0.5) is 10.8 Å². The Kier molecular flexibility index (Phi) is 3.75. The molecule has 2 aromatic rings. The molecule has 0 fully saturated rings. The van der Waals surface area contributed by atoms with Gasteiger partial charge in [0.2, 0.25) is 5.13 Å². The molecule has 2 rings (SSSR count). The first kappa shape index (κ1) is 12.7. The van der Waals surface area contributed by atoms with Crippen LogP contribution in [-0.2, 0) is 0 Å². The Balaban J connectivity index is 2.25. The average Bonchev–Trinajstić information content (AvgIpc) is 2.74. The molecular formula is C10H10ClN5OS. The molecule has 0 radical (unpaired) electrons. The van der Waals surface area contributed by atoms with Gasteiger partial charge in [-0.2, -0.15) is 4.37 Å². The van der Waals surface area contributed by atoms with Crippen LogP contribution in [0.5, 0.6) is 0 Å². The third kappa shape index (κ3) is 2.76. The highest BCUT2D eigenvalue weighted by molar-refractivity contribution is 7.09. The molecular weight excluding hydrogens is 274 g/mol. The van der Waals surface area contributed by atoms with Crippen LogP contribution >= 0.6 is 23.1 Å². The van der Waals surface area contributed by atoms with Gasteiger partial charge in [0, 0.05) is 16.6 Å². The number of anilines is 2. The lowest BCUT2D eigenvalue weighted by Crippen LogP contribution is -2.17. The number of amides is 1. The number of nitrogen functional groups attached to an aromatic ring is 1. The fourth-order valence-electron chi connectivity index (χ4n) is 1.34. The van der Waals surface area contributed by atoms with Gasteiger partial charge in [0.05, 0.1) is 11.3 Å². The molecule has 4 N–H and O–H groups in total. The van der Waals surface area contributed by atoms with Crippen molar-refractivity contribution < 1.29 is 4.79 Å². The predicted octanol–water partition coefficient (Wildman–Crippen LogP) is 2.04. The van der Waals surface area contributed by atoms with Gasteiger partial charge in [-0.3, -0.25) is 16.0 Å². The van der Waals surface area contributed by atoms with E-state index in [-0.39, 0.29) is 5.91 Å². The normalized spacial score (nSPS) is 10.2. The van der Waals surface area contributed by atoms with Gasteiger partial charge in [0.25, 0.3) is 5.91 Å². The number of aromatic nitrogens is 2. The summed E-state index contributed by atoms with van der Waals surface area (Å²) < 4.78 is 3.97. The monoisotopic (exact) mass is 283 g/mol. The molecule has 0 aliphatic heterocycles. The van der Waals surface area contributed by atoms with E-state index < -0.39 is 0 Å². The molecule has 0 spiro atoms. The number of hydrazine groups is 1. The Morgan fingerprint density at radius 3 is 2.89 bits per heavy atom. The molecule has 94 valence electrons. The van der Waals surface area contributed by atoms with Crippen LogP contribution in [-0.4, -0.2) is 15.3 Å². The molecule has 1 amide bonds. The van der Waals surface area contributed by atoms with Crippen LogP contribution in [0.2, 0.25) is 5.02 Å². The molecule has 0 bridgehead atoms. The summed E-state index contributed by atoms with van der Waals surface area (Å²) in [7, 11) is 0. The van der Waals surface area contributed by atoms with Crippen molar-refractivity contribution in [1.82, 2.24) is 9.36 Å². The molecule has 0 saturated heterocycles. The maximum Gasteiger partial charge on any atom is 0.259 e. The number of nitrogens with zero attached hydrogens (tertiary/aromatic N) is 2. The quantitative estimate of drug-likeness (QED) is 0.592. The lowest BCUT2D eigenvalue weighted by atomic mass is 10.1. The van der Waals surface area contributed by atoms with E-state index in [1.807, 2.05) is 0 Å². The number of benzene rings is 1. The Morgan fingerprint density at radius 1 is 1.50 bits per heavy atom. The second-order valence-electron chi connectivity index (χ2n) is 3.44. The minimum absolute atomic E-state index is 0.345. The molecule has 1 aromatic carbocycles. The van der Waals surface area contributed by atoms with Crippen molar-refractivity contribution >= 4 is 39.9 Å². The van der Waals surface area contributed by atoms with Gasteiger partial charge in [-0.05, 0) is 25.1 Å². The van der Waals surface area contributed by atoms with Crippen molar-refractivity contribution in [3.05, 3.63) is 34.6 Å². The smallest absolute Gasteiger partial charge is 0.259 e. The zero-order chi connectivity index (χ0) is 13.1. The first-order chi connectivity index (χ1) is 8.60. The number of carbonyl (C=O) groups excluding carboxylic acids is 1. The van der Waals surface area contributed by atoms with E-state index in [9.17, 15) is 4.79 Å². The topological polar surface area (TPSA) is 92.9 Å². The van der Waals surface area contributed by atoms with Gasteiger partial charge in [-0.15, -0.1) is 0 Å². The third-order valence-electron chi connectivity index (χ3n) is 2.13. The lowest BCUT2D eigenvalue weighted by Gasteiger charge is -2.08. The summed E-state index contributed by atoms with van der Waals surface area (Å²) in [6.45, 7) is 1.75. The van der Waals surface area contributed by atoms with Crippen LogP contribution < -0.4 is 16.6 Å². The molecule has 18 heavy (non-hydrogen) atoms. The lowest BCUT2D eigenvalue weighted by molar-refractivity contribution is 0.102. The minimum Gasteiger partial charge on any atom is -0.323 e. The van der Waals surface area contributed by atoms with Crippen LogP contribution in [0.25, 0.3) is 0 Å². The van der Waals surface area contributed by atoms with E-state index in [1.165, 1.54) is 6.07 Å². The standard InChI is InChI=1S/C10H10ClN5OS/c1-5-13-10(18-16-5)14-9(17)7-4-6(11)2-3-8(7)15-12/h2-4,15H,12H2,1H3,(H,13,14,16,17). The van der Waals surface area contributed by atoms with E-state index in [0.29, 0.717) is 27.2 Å². The predicted molar refractivity (Wildman–Crippen MR) is 71.9 cm³/mol. The van der Waals surface area contributed by atoms with E-state index >= 15 is 0 Å². The number of hydrogen-bond donors (Lipinski definition) is 3. The zero-order valence-corrected chi connectivity index (χ0v) is 11.0. The van der Waals surface area contributed by atoms with Crippen LogP contribution in [0, 0.1) is 6.92 Å². The van der Waals surface area contributed by atoms with Crippen LogP contribution in [0.15, 0.2) is 18.2 Å². The van der Waals surface area contributed by atoms with E-state index in [0.717, 1.165) is 11.5 Å². The van der Waals surface area contributed by atoms with E-state index in [4.69, 9.17) is 17.4 Å². The summed E-state index contributed by atoms with van der Waals surface area (Å²) >= 11 is 6.96. The highest BCUT2D eigenvalue weighted by Crippen LogP contribution is 2.21. The first-order valence-corrected chi connectivity index (χ1v) is 6.13. The Morgan fingerprint density at radius 2 is 2.28 bits per heavy atom. The first-order valence-electron chi connectivity index (χ1n) is 4.98. The number of rotatable bonds is 3. The van der Waals surface area contributed by atoms with E-state index in [2.05, 4.69) is 20.1 Å². The van der Waals surface area contributed by atoms with Gasteiger partial charge >= 0.3 is 0 Å². The number of carbonyl (C=O) groups is 1. The van der Waals surface area contributed by atoms with E-state index in [1.54, 1.807) is 19.1 Å². The maximum atomic E-state index is 12.0. The molecule has 8 heteroatoms. The molecule has 1 aromatic heterocycles. The van der Waals surface area contributed by atoms with Crippen molar-refractivity contribution in [2.75, 3.05) is 10.7 Å². The third-order valence-corrected chi connectivity index (χ3v) is 3.09. The zero-order valence-electron chi connectivity index (χ0n) is 9.40. The molecule has 6 nitrogen and oxygen atoms in total. The Bertz CT molecular complexity index is 585. The van der Waals surface area contributed by atoms with Crippen molar-refractivity contribution in [2.45, 2.75) is 6.92 Å². The van der Waals surface area contributed by atoms with Crippen molar-refractivity contribution in [2.24, 2.45) is 5.84 Å². The van der Waals surface area contributed by atoms with Crippen LogP contribution in [0.1, 0.15) is 16.2 Å². The van der Waals surface area contributed by atoms with Gasteiger partial charge in [-0.25, -0.2) is 4.98 Å². The molecule has 1 heterocycles. The largest absolute Gasteiger partial charge is 0.323 e. The van der Waals surface area contributed by atoms with Gasteiger partial charge in [-0.1, -0.05) is 11.6 Å². The SMILES string of the molecule is Cc1nsc(NC(=O)c2cc(Cl)ccc2NN)n1. The fourth-order valence-corrected chi connectivity index (χ4v) is 2.09. The highest BCUT2D eigenvalue weighted by Gasteiger charge is 2.13. The molecule has 0 saturated carbocycles. The van der Waals surface area contributed by atoms with Gasteiger partial charge < -0.3 is 5.43 Å². The summed E-state index contributed by atoms with van der Waals surface area (Å²) in [4.78, 5) is 16.1. The average molecular weight is 284 g/mol. The Labute approximate surface area is 112 Å². The van der Waals surface area contributed by atoms with Gasteiger partial charge in [0.15, 0.2) is 0 Å². The van der Waals surface area contributed by atoms with Crippen molar-refractivity contribution in [3.8, 4) is 0 Å². The number of nitrogens with two attached hydrogens (primary N) is 1. The second-order valence-corrected chi connectivity index (χ2v) is 4.62. The minimum atomic E-state index is -0.346. The number of aryl methyl sites for hydroxylation is 1. The molecule has 0 unspecified atom stereocenters. The molecule has 0 aliphatic rings. The summed E-state index contributed by atoms with van der Waals surface area (Å²) in [6, 6.07) is 4.80. The van der Waals surface area contributed by atoms with Crippen molar-refractivity contribution in [3.63, 3.8) is 0 Å². The van der Waals surface area contributed by atoms with Crippen LogP contribution in [0.3, 0.4) is 0 Å². The molecule has 0 atom stereocenters. The summed E-state index contributed by atoms with van der Waals surface area (Å²) in [6.07, 6.45) is 0. The Hall–Kier alpha value is -1.70. The number of nitrogens with one attached hydrogen (secondary N) is 2. The second kappa shape index (κ2) is 5.30. The summed E-state index contributed by atoms with van der Waals surface area (Å²) in [5.74, 6) is 5.60. The summed E-state index contributed by atoms with van der Waals surface area (Å²) in [5, 5.41) is 3.52. The summed E-state index contributed by atoms with van der Waals surface area (Å²) in [5.41, 5.74) is 3.27. The number of halogens is 1. The van der Waals surface area contributed by atoms with Crippen molar-refractivity contribution in [1.29, 1.82) is 0 Å². The van der Waals surface area contributed by atoms with Gasteiger partial charge in [0.1, 0.15) is 5.82 Å².